The summed E-state index contributed by atoms with van der Waals surface area (Å²) < 4.78 is 11.0. The fourth-order valence-corrected chi connectivity index (χ4v) is 4.69. The standard InChI is InChI=1S/C23H23ClN2O5/c1-14(2)25-21(28)17-6-4-5-7-18(17)26-20(27)10-11-23(25,26)22(29)31-13-15-12-16(24)8-9-19(15)30-3/h4-9,12,14H,10-11,13H2,1-3H3/t23-/m0/s1. The number of para-hydroxylation sites is 1. The van der Waals surface area contributed by atoms with E-state index in [2.05, 4.69) is 0 Å². The number of hydrogen-bond acceptors (Lipinski definition) is 5. The molecule has 0 radical (unpaired) electrons. The number of amides is 2. The summed E-state index contributed by atoms with van der Waals surface area (Å²) in [6.07, 6.45) is 0.302. The summed E-state index contributed by atoms with van der Waals surface area (Å²) in [6, 6.07) is 11.5. The van der Waals surface area contributed by atoms with Crippen LogP contribution < -0.4 is 9.64 Å². The van der Waals surface area contributed by atoms with Gasteiger partial charge in [0.1, 0.15) is 12.4 Å². The van der Waals surface area contributed by atoms with E-state index in [0.29, 0.717) is 27.6 Å². The Balaban J connectivity index is 1.75. The number of methoxy groups -OCH3 is 1. The smallest absolute Gasteiger partial charge is 0.354 e. The van der Waals surface area contributed by atoms with E-state index >= 15 is 0 Å². The van der Waals surface area contributed by atoms with E-state index in [1.54, 1.807) is 42.5 Å². The molecule has 2 amide bonds. The summed E-state index contributed by atoms with van der Waals surface area (Å²) in [5.74, 6) is -0.645. The minimum atomic E-state index is -1.53. The number of fused-ring (bicyclic) bond motifs is 3. The lowest BCUT2D eigenvalue weighted by Gasteiger charge is -2.50. The van der Waals surface area contributed by atoms with Gasteiger partial charge in [-0.3, -0.25) is 14.5 Å². The molecule has 4 rings (SSSR count). The van der Waals surface area contributed by atoms with Gasteiger partial charge in [-0.1, -0.05) is 23.7 Å². The van der Waals surface area contributed by atoms with Crippen LogP contribution in [0.1, 0.15) is 42.6 Å². The van der Waals surface area contributed by atoms with Crippen molar-refractivity contribution in [2.24, 2.45) is 0 Å². The van der Waals surface area contributed by atoms with Crippen LogP contribution in [0.5, 0.6) is 5.75 Å². The molecule has 0 N–H and O–H groups in total. The average Bonchev–Trinajstić information content (AvgIpc) is 3.10. The Morgan fingerprint density at radius 1 is 1.19 bits per heavy atom. The van der Waals surface area contributed by atoms with Crippen LogP contribution in [0.2, 0.25) is 5.02 Å². The van der Waals surface area contributed by atoms with E-state index in [1.165, 1.54) is 16.9 Å². The molecule has 2 aliphatic heterocycles. The number of ether oxygens (including phenoxy) is 2. The van der Waals surface area contributed by atoms with Crippen LogP contribution in [0.3, 0.4) is 0 Å². The number of carbonyl (C=O) groups is 3. The van der Waals surface area contributed by atoms with Crippen LogP contribution in [0, 0.1) is 0 Å². The highest BCUT2D eigenvalue weighted by Gasteiger charge is 2.62. The number of hydrogen-bond donors (Lipinski definition) is 0. The number of nitrogens with zero attached hydrogens (tertiary/aromatic N) is 2. The van der Waals surface area contributed by atoms with Crippen LogP contribution in [0.15, 0.2) is 42.5 Å². The Morgan fingerprint density at radius 3 is 2.65 bits per heavy atom. The number of esters is 1. The highest BCUT2D eigenvalue weighted by atomic mass is 35.5. The third-order valence-electron chi connectivity index (χ3n) is 5.74. The van der Waals surface area contributed by atoms with Crippen molar-refractivity contribution in [2.45, 2.75) is 45.0 Å². The maximum absolute atomic E-state index is 13.6. The number of anilines is 1. The van der Waals surface area contributed by atoms with Crippen LogP contribution >= 0.6 is 11.6 Å². The largest absolute Gasteiger partial charge is 0.496 e. The highest BCUT2D eigenvalue weighted by molar-refractivity contribution is 6.30. The second kappa shape index (κ2) is 7.89. The van der Waals surface area contributed by atoms with Gasteiger partial charge in [-0.05, 0) is 44.2 Å². The minimum Gasteiger partial charge on any atom is -0.496 e. The molecule has 2 aromatic carbocycles. The fourth-order valence-electron chi connectivity index (χ4n) is 4.49. The number of benzene rings is 2. The van der Waals surface area contributed by atoms with Crippen LogP contribution in [0.25, 0.3) is 0 Å². The summed E-state index contributed by atoms with van der Waals surface area (Å²) in [5.41, 5.74) is -0.104. The molecular weight excluding hydrogens is 420 g/mol. The third kappa shape index (κ3) is 3.24. The lowest BCUT2D eigenvalue weighted by molar-refractivity contribution is -0.159. The molecule has 8 heteroatoms. The van der Waals surface area contributed by atoms with E-state index in [9.17, 15) is 14.4 Å². The van der Waals surface area contributed by atoms with Gasteiger partial charge < -0.3 is 14.4 Å². The van der Waals surface area contributed by atoms with Gasteiger partial charge in [-0.25, -0.2) is 4.79 Å². The molecule has 0 aromatic heterocycles. The first-order chi connectivity index (χ1) is 14.8. The summed E-state index contributed by atoms with van der Waals surface area (Å²) in [6.45, 7) is 3.54. The summed E-state index contributed by atoms with van der Waals surface area (Å²) in [4.78, 5) is 42.8. The van der Waals surface area contributed by atoms with Gasteiger partial charge in [0, 0.05) is 29.5 Å². The van der Waals surface area contributed by atoms with Gasteiger partial charge in [-0.2, -0.15) is 0 Å². The second-order valence-corrected chi connectivity index (χ2v) is 8.30. The molecule has 1 atom stereocenters. The normalized spacial score (nSPS) is 20.0. The molecule has 7 nitrogen and oxygen atoms in total. The van der Waals surface area contributed by atoms with Crippen molar-refractivity contribution >= 4 is 35.1 Å². The van der Waals surface area contributed by atoms with Crippen LogP contribution in [-0.4, -0.2) is 41.5 Å². The van der Waals surface area contributed by atoms with Crippen LogP contribution in [0.4, 0.5) is 5.69 Å². The molecule has 31 heavy (non-hydrogen) atoms. The molecule has 2 heterocycles. The molecule has 0 bridgehead atoms. The Morgan fingerprint density at radius 2 is 1.94 bits per heavy atom. The van der Waals surface area contributed by atoms with Gasteiger partial charge in [-0.15, -0.1) is 0 Å². The van der Waals surface area contributed by atoms with E-state index in [4.69, 9.17) is 21.1 Å². The predicted octanol–water partition coefficient (Wildman–Crippen LogP) is 3.78. The van der Waals surface area contributed by atoms with E-state index < -0.39 is 11.6 Å². The zero-order valence-corrected chi connectivity index (χ0v) is 18.3. The molecule has 1 saturated heterocycles. The Bertz CT molecular complexity index is 1070. The lowest BCUT2D eigenvalue weighted by Crippen LogP contribution is -2.70. The average molecular weight is 443 g/mol. The topological polar surface area (TPSA) is 76.1 Å². The monoisotopic (exact) mass is 442 g/mol. The molecule has 0 aliphatic carbocycles. The molecule has 0 unspecified atom stereocenters. The molecule has 0 saturated carbocycles. The van der Waals surface area contributed by atoms with Crippen molar-refractivity contribution in [3.63, 3.8) is 0 Å². The number of rotatable bonds is 5. The number of halogens is 1. The molecule has 2 aromatic rings. The zero-order chi connectivity index (χ0) is 22.3. The van der Waals surface area contributed by atoms with Gasteiger partial charge in [0.15, 0.2) is 0 Å². The van der Waals surface area contributed by atoms with Crippen molar-refractivity contribution < 1.29 is 23.9 Å². The van der Waals surface area contributed by atoms with Gasteiger partial charge in [0.25, 0.3) is 5.91 Å². The Kier molecular flexibility index (Phi) is 5.39. The Labute approximate surface area is 185 Å². The third-order valence-corrected chi connectivity index (χ3v) is 5.98. The van der Waals surface area contributed by atoms with E-state index in [0.717, 1.165) is 0 Å². The summed E-state index contributed by atoms with van der Waals surface area (Å²) in [5, 5.41) is 0.480. The highest BCUT2D eigenvalue weighted by Crippen LogP contribution is 2.46. The van der Waals surface area contributed by atoms with Crippen molar-refractivity contribution in [1.29, 1.82) is 0 Å². The molecule has 1 fully saturated rings. The van der Waals surface area contributed by atoms with Crippen molar-refractivity contribution in [1.82, 2.24) is 4.90 Å². The van der Waals surface area contributed by atoms with Crippen molar-refractivity contribution in [3.8, 4) is 5.75 Å². The van der Waals surface area contributed by atoms with Gasteiger partial charge in [0.05, 0.1) is 18.4 Å². The molecule has 2 aliphatic rings. The zero-order valence-electron chi connectivity index (χ0n) is 17.6. The number of carbonyl (C=O) groups excluding carboxylic acids is 3. The quantitative estimate of drug-likeness (QED) is 0.658. The lowest BCUT2D eigenvalue weighted by atomic mass is 9.95. The summed E-state index contributed by atoms with van der Waals surface area (Å²) in [7, 11) is 1.52. The molecular formula is C23H23ClN2O5. The summed E-state index contributed by atoms with van der Waals surface area (Å²) >= 11 is 6.08. The van der Waals surface area contributed by atoms with E-state index in [1.807, 2.05) is 13.8 Å². The van der Waals surface area contributed by atoms with Gasteiger partial charge in [0.2, 0.25) is 11.6 Å². The maximum atomic E-state index is 13.6. The first-order valence-electron chi connectivity index (χ1n) is 10.1. The van der Waals surface area contributed by atoms with E-state index in [-0.39, 0.29) is 37.3 Å². The second-order valence-electron chi connectivity index (χ2n) is 7.86. The minimum absolute atomic E-state index is 0.103. The fraction of sp³-hybridized carbons (Fsp3) is 0.348. The molecule has 162 valence electrons. The maximum Gasteiger partial charge on any atom is 0.354 e. The Hall–Kier alpha value is -3.06. The van der Waals surface area contributed by atoms with Gasteiger partial charge >= 0.3 is 5.97 Å². The first kappa shape index (κ1) is 21.2. The predicted molar refractivity (Wildman–Crippen MR) is 115 cm³/mol. The SMILES string of the molecule is COc1ccc(Cl)cc1COC(=O)[C@]12CCC(=O)N1c1ccccc1C(=O)N2C(C)C. The van der Waals surface area contributed by atoms with Crippen LogP contribution in [-0.2, 0) is 20.9 Å². The first-order valence-corrected chi connectivity index (χ1v) is 10.4. The van der Waals surface area contributed by atoms with Crippen molar-refractivity contribution in [3.05, 3.63) is 58.6 Å². The molecule has 0 spiro atoms. The van der Waals surface area contributed by atoms with Crippen molar-refractivity contribution in [2.75, 3.05) is 12.0 Å².